The van der Waals surface area contributed by atoms with Crippen LogP contribution in [0.15, 0.2) is 18.2 Å². The molecule has 0 aromatic heterocycles. The van der Waals surface area contributed by atoms with Crippen LogP contribution < -0.4 is 0 Å². The number of carbonyl (C=O) groups is 1. The second-order valence-corrected chi connectivity index (χ2v) is 4.08. The van der Waals surface area contributed by atoms with Crippen LogP contribution in [0.5, 0.6) is 0 Å². The van der Waals surface area contributed by atoms with Crippen LogP contribution in [0.4, 0.5) is 4.39 Å². The SMILES string of the molecule is O=C(c1ccc(F)cc1I)N1CC1. The summed E-state index contributed by atoms with van der Waals surface area (Å²) in [6, 6.07) is 4.23. The molecule has 1 aliphatic rings. The van der Waals surface area contributed by atoms with Gasteiger partial charge in [0, 0.05) is 16.7 Å². The Morgan fingerprint density at radius 1 is 1.46 bits per heavy atom. The highest BCUT2D eigenvalue weighted by atomic mass is 127. The van der Waals surface area contributed by atoms with E-state index in [2.05, 4.69) is 0 Å². The zero-order valence-corrected chi connectivity index (χ0v) is 8.92. The molecule has 68 valence electrons. The summed E-state index contributed by atoms with van der Waals surface area (Å²) < 4.78 is 13.4. The van der Waals surface area contributed by atoms with Crippen LogP contribution in [-0.4, -0.2) is 23.9 Å². The monoisotopic (exact) mass is 291 g/mol. The molecule has 1 amide bonds. The second-order valence-electron chi connectivity index (χ2n) is 2.92. The largest absolute Gasteiger partial charge is 0.335 e. The fourth-order valence-electron chi connectivity index (χ4n) is 1.09. The first-order chi connectivity index (χ1) is 6.18. The molecule has 0 saturated carbocycles. The minimum absolute atomic E-state index is 0.00407. The van der Waals surface area contributed by atoms with Crippen LogP contribution in [0, 0.1) is 9.39 Å². The third-order valence-corrected chi connectivity index (χ3v) is 2.79. The van der Waals surface area contributed by atoms with Crippen molar-refractivity contribution < 1.29 is 9.18 Å². The van der Waals surface area contributed by atoms with Crippen LogP contribution in [0.25, 0.3) is 0 Å². The molecule has 1 saturated heterocycles. The average Bonchev–Trinajstić information content (AvgIpc) is 2.85. The van der Waals surface area contributed by atoms with Gasteiger partial charge >= 0.3 is 0 Å². The second kappa shape index (κ2) is 3.25. The first-order valence-electron chi connectivity index (χ1n) is 3.93. The van der Waals surface area contributed by atoms with Gasteiger partial charge in [-0.15, -0.1) is 0 Å². The topological polar surface area (TPSA) is 20.1 Å². The van der Waals surface area contributed by atoms with Crippen molar-refractivity contribution in [2.75, 3.05) is 13.1 Å². The minimum Gasteiger partial charge on any atom is -0.335 e. The van der Waals surface area contributed by atoms with E-state index in [1.807, 2.05) is 22.6 Å². The number of rotatable bonds is 1. The van der Waals surface area contributed by atoms with E-state index in [-0.39, 0.29) is 11.7 Å². The smallest absolute Gasteiger partial charge is 0.255 e. The van der Waals surface area contributed by atoms with Gasteiger partial charge in [-0.2, -0.15) is 0 Å². The lowest BCUT2D eigenvalue weighted by atomic mass is 10.2. The normalized spacial score (nSPS) is 14.5. The van der Waals surface area contributed by atoms with Gasteiger partial charge in [0.2, 0.25) is 0 Å². The molecule has 0 N–H and O–H groups in total. The van der Waals surface area contributed by atoms with E-state index < -0.39 is 0 Å². The highest BCUT2D eigenvalue weighted by Crippen LogP contribution is 2.18. The van der Waals surface area contributed by atoms with Gasteiger partial charge in [0.05, 0.1) is 5.56 Å². The van der Waals surface area contributed by atoms with Crippen molar-refractivity contribution >= 4 is 28.5 Å². The predicted octanol–water partition coefficient (Wildman–Crippen LogP) is 1.89. The fourth-order valence-corrected chi connectivity index (χ4v) is 1.79. The molecule has 1 aromatic rings. The molecule has 2 rings (SSSR count). The van der Waals surface area contributed by atoms with Crippen LogP contribution in [-0.2, 0) is 0 Å². The van der Waals surface area contributed by atoms with Gasteiger partial charge in [-0.3, -0.25) is 4.79 Å². The van der Waals surface area contributed by atoms with E-state index in [4.69, 9.17) is 0 Å². The summed E-state index contributed by atoms with van der Waals surface area (Å²) in [5, 5.41) is 0. The Morgan fingerprint density at radius 3 is 2.69 bits per heavy atom. The Labute approximate surface area is 88.9 Å². The lowest BCUT2D eigenvalue weighted by Gasteiger charge is -2.03. The molecule has 2 nitrogen and oxygen atoms in total. The molecular formula is C9H7FINO. The first-order valence-corrected chi connectivity index (χ1v) is 5.00. The van der Waals surface area contributed by atoms with Gasteiger partial charge in [-0.25, -0.2) is 4.39 Å². The molecule has 0 spiro atoms. The van der Waals surface area contributed by atoms with E-state index in [0.29, 0.717) is 9.13 Å². The number of hydrogen-bond donors (Lipinski definition) is 0. The molecule has 0 unspecified atom stereocenters. The standard InChI is InChI=1S/C9H7FINO/c10-6-1-2-7(8(11)5-6)9(13)12-3-4-12/h1-2,5H,3-4H2. The fraction of sp³-hybridized carbons (Fsp3) is 0.222. The predicted molar refractivity (Wildman–Crippen MR) is 55.0 cm³/mol. The molecule has 1 fully saturated rings. The first kappa shape index (κ1) is 8.93. The van der Waals surface area contributed by atoms with Gasteiger partial charge in [-0.1, -0.05) is 0 Å². The lowest BCUT2D eigenvalue weighted by molar-refractivity contribution is 0.0884. The number of nitrogens with zero attached hydrogens (tertiary/aromatic N) is 1. The molecule has 1 heterocycles. The third kappa shape index (κ3) is 1.82. The molecule has 0 bridgehead atoms. The Hall–Kier alpha value is -0.650. The molecule has 0 atom stereocenters. The third-order valence-electron chi connectivity index (χ3n) is 1.90. The molecule has 0 aliphatic carbocycles. The van der Waals surface area contributed by atoms with Crippen molar-refractivity contribution in [2.45, 2.75) is 0 Å². The van der Waals surface area contributed by atoms with Crippen molar-refractivity contribution in [3.63, 3.8) is 0 Å². The number of benzene rings is 1. The average molecular weight is 291 g/mol. The van der Waals surface area contributed by atoms with Gasteiger partial charge < -0.3 is 4.90 Å². The Bertz CT molecular complexity index is 363. The summed E-state index contributed by atoms with van der Waals surface area (Å²) in [5.74, 6) is -0.295. The van der Waals surface area contributed by atoms with E-state index in [1.54, 1.807) is 4.90 Å². The van der Waals surface area contributed by atoms with Gasteiger partial charge in [0.15, 0.2) is 0 Å². The van der Waals surface area contributed by atoms with Crippen molar-refractivity contribution in [3.05, 3.63) is 33.1 Å². The van der Waals surface area contributed by atoms with Gasteiger partial charge in [-0.05, 0) is 40.8 Å². The summed E-state index contributed by atoms with van der Waals surface area (Å²) in [4.78, 5) is 13.3. The zero-order valence-electron chi connectivity index (χ0n) is 6.76. The van der Waals surface area contributed by atoms with E-state index in [0.717, 1.165) is 13.1 Å². The maximum Gasteiger partial charge on any atom is 0.255 e. The summed E-state index contributed by atoms with van der Waals surface area (Å²) >= 11 is 1.97. The zero-order chi connectivity index (χ0) is 9.42. The highest BCUT2D eigenvalue weighted by molar-refractivity contribution is 14.1. The molecular weight excluding hydrogens is 284 g/mol. The number of amides is 1. The molecule has 1 aromatic carbocycles. The lowest BCUT2D eigenvalue weighted by Crippen LogP contribution is -2.12. The van der Waals surface area contributed by atoms with E-state index >= 15 is 0 Å². The van der Waals surface area contributed by atoms with Crippen molar-refractivity contribution in [1.82, 2.24) is 4.90 Å². The van der Waals surface area contributed by atoms with Crippen LogP contribution in [0.2, 0.25) is 0 Å². The molecule has 1 aliphatic heterocycles. The van der Waals surface area contributed by atoms with Crippen LogP contribution in [0.3, 0.4) is 0 Å². The number of carbonyl (C=O) groups excluding carboxylic acids is 1. The maximum atomic E-state index is 12.7. The van der Waals surface area contributed by atoms with E-state index in [1.165, 1.54) is 18.2 Å². The summed E-state index contributed by atoms with van der Waals surface area (Å²) in [7, 11) is 0. The van der Waals surface area contributed by atoms with Gasteiger partial charge in [0.25, 0.3) is 5.91 Å². The Balaban J connectivity index is 2.33. The minimum atomic E-state index is -0.299. The Kier molecular flexibility index (Phi) is 2.23. The van der Waals surface area contributed by atoms with Crippen molar-refractivity contribution in [2.24, 2.45) is 0 Å². The molecule has 13 heavy (non-hydrogen) atoms. The van der Waals surface area contributed by atoms with Crippen LogP contribution in [0.1, 0.15) is 10.4 Å². The molecule has 4 heteroatoms. The van der Waals surface area contributed by atoms with Crippen molar-refractivity contribution in [1.29, 1.82) is 0 Å². The Morgan fingerprint density at radius 2 is 2.15 bits per heavy atom. The summed E-state index contributed by atoms with van der Waals surface area (Å²) in [5.41, 5.74) is 0.597. The molecule has 0 radical (unpaired) electrons. The summed E-state index contributed by atoms with van der Waals surface area (Å²) in [6.45, 7) is 1.65. The van der Waals surface area contributed by atoms with Gasteiger partial charge in [0.1, 0.15) is 5.82 Å². The summed E-state index contributed by atoms with van der Waals surface area (Å²) in [6.07, 6.45) is 0. The highest BCUT2D eigenvalue weighted by Gasteiger charge is 2.26. The quantitative estimate of drug-likeness (QED) is 0.571. The maximum absolute atomic E-state index is 12.7. The number of hydrogen-bond acceptors (Lipinski definition) is 1. The number of halogens is 2. The van der Waals surface area contributed by atoms with Crippen LogP contribution >= 0.6 is 22.6 Å². The van der Waals surface area contributed by atoms with Crippen molar-refractivity contribution in [3.8, 4) is 0 Å². The van der Waals surface area contributed by atoms with E-state index in [9.17, 15) is 9.18 Å².